The molecule has 2 heterocycles. The molecule has 0 fully saturated rings. The molecule has 0 aliphatic carbocycles. The fraction of sp³-hybridized carbons (Fsp3) is 0.167. The molecule has 0 radical (unpaired) electrons. The fourth-order valence-corrected chi connectivity index (χ4v) is 2.80. The largest absolute Gasteiger partial charge is 0.465 e. The molecule has 0 spiro atoms. The van der Waals surface area contributed by atoms with Gasteiger partial charge in [-0.1, -0.05) is 23.7 Å². The number of methoxy groups -OCH3 is 1. The van der Waals surface area contributed by atoms with Gasteiger partial charge in [-0.25, -0.2) is 9.18 Å². The second-order valence-corrected chi connectivity index (χ2v) is 6.19. The van der Waals surface area contributed by atoms with E-state index in [0.717, 1.165) is 18.0 Å². The highest BCUT2D eigenvalue weighted by atomic mass is 35.5. The third-order valence-electron chi connectivity index (χ3n) is 3.86. The first-order valence-electron chi connectivity index (χ1n) is 7.82. The van der Waals surface area contributed by atoms with Gasteiger partial charge >= 0.3 is 12.1 Å². The van der Waals surface area contributed by atoms with Crippen molar-refractivity contribution in [3.63, 3.8) is 0 Å². The number of hydrogen-bond donors (Lipinski definition) is 0. The normalized spacial score (nSPS) is 11.5. The lowest BCUT2D eigenvalue weighted by Crippen LogP contribution is -2.11. The number of ether oxygens (including phenoxy) is 1. The van der Waals surface area contributed by atoms with Gasteiger partial charge in [0.2, 0.25) is 0 Å². The van der Waals surface area contributed by atoms with E-state index < -0.39 is 23.7 Å². The number of benzene rings is 1. The summed E-state index contributed by atoms with van der Waals surface area (Å²) < 4.78 is 60.2. The zero-order valence-corrected chi connectivity index (χ0v) is 15.1. The van der Waals surface area contributed by atoms with Crippen LogP contribution in [-0.4, -0.2) is 27.8 Å². The molecule has 10 heteroatoms. The van der Waals surface area contributed by atoms with E-state index in [4.69, 9.17) is 11.6 Å². The number of rotatable bonds is 4. The summed E-state index contributed by atoms with van der Waals surface area (Å²) in [6, 6.07) is 5.29. The van der Waals surface area contributed by atoms with E-state index in [0.29, 0.717) is 0 Å². The predicted molar refractivity (Wildman–Crippen MR) is 92.3 cm³/mol. The van der Waals surface area contributed by atoms with E-state index >= 15 is 0 Å². The van der Waals surface area contributed by atoms with Crippen LogP contribution in [-0.2, 0) is 17.5 Å². The first-order chi connectivity index (χ1) is 13.2. The summed E-state index contributed by atoms with van der Waals surface area (Å²) >= 11 is 5.82. The molecule has 0 saturated heterocycles. The van der Waals surface area contributed by atoms with E-state index in [2.05, 4.69) is 14.8 Å². The van der Waals surface area contributed by atoms with Gasteiger partial charge in [0.25, 0.3) is 0 Å². The number of hydrogen-bond acceptors (Lipinski definition) is 4. The minimum absolute atomic E-state index is 0.0186. The van der Waals surface area contributed by atoms with Gasteiger partial charge in [-0.2, -0.15) is 18.3 Å². The van der Waals surface area contributed by atoms with Gasteiger partial charge in [0.05, 0.1) is 24.2 Å². The first kappa shape index (κ1) is 19.8. The smallest absolute Gasteiger partial charge is 0.435 e. The number of esters is 1. The van der Waals surface area contributed by atoms with Crippen molar-refractivity contribution < 1.29 is 27.1 Å². The number of nitrogens with zero attached hydrogens (tertiary/aromatic N) is 3. The molecule has 0 atom stereocenters. The zero-order chi connectivity index (χ0) is 20.5. The number of pyridine rings is 1. The fourth-order valence-electron chi connectivity index (χ4n) is 2.63. The summed E-state index contributed by atoms with van der Waals surface area (Å²) in [6.07, 6.45) is -1.10. The van der Waals surface area contributed by atoms with E-state index in [9.17, 15) is 22.4 Å². The maximum absolute atomic E-state index is 14.5. The monoisotopic (exact) mass is 413 g/mol. The third-order valence-corrected chi connectivity index (χ3v) is 4.07. The summed E-state index contributed by atoms with van der Waals surface area (Å²) in [7, 11) is 1.10. The molecule has 5 nitrogen and oxygen atoms in total. The lowest BCUT2D eigenvalue weighted by atomic mass is 10.1. The molecule has 3 rings (SSSR count). The van der Waals surface area contributed by atoms with Gasteiger partial charge in [-0.3, -0.25) is 9.67 Å². The van der Waals surface area contributed by atoms with Gasteiger partial charge in [0, 0.05) is 35.3 Å². The minimum atomic E-state index is -4.74. The standard InChI is InChI=1S/C18H12ClF4N3O2/c1-28-17(27)13-4-2-3-10(15(13)20)8-26-9-14(16(25-26)18(21,22)23)11-5-12(19)7-24-6-11/h2-7,9H,8H2,1H3. The predicted octanol–water partition coefficient (Wildman–Crippen LogP) is 4.59. The van der Waals surface area contributed by atoms with Crippen molar-refractivity contribution in [2.45, 2.75) is 12.7 Å². The quantitative estimate of drug-likeness (QED) is 0.463. The first-order valence-corrected chi connectivity index (χ1v) is 8.19. The molecule has 28 heavy (non-hydrogen) atoms. The highest BCUT2D eigenvalue weighted by molar-refractivity contribution is 6.30. The highest BCUT2D eigenvalue weighted by Crippen LogP contribution is 2.36. The molecule has 0 bridgehead atoms. The average Bonchev–Trinajstić information content (AvgIpc) is 3.07. The maximum atomic E-state index is 14.5. The summed E-state index contributed by atoms with van der Waals surface area (Å²) in [5, 5.41) is 3.72. The van der Waals surface area contributed by atoms with Crippen LogP contribution in [0.4, 0.5) is 17.6 Å². The highest BCUT2D eigenvalue weighted by Gasteiger charge is 2.37. The van der Waals surface area contributed by atoms with Gasteiger partial charge in [-0.15, -0.1) is 0 Å². The molecule has 2 aromatic heterocycles. The Bertz CT molecular complexity index is 1030. The van der Waals surface area contributed by atoms with Gasteiger partial charge < -0.3 is 4.74 Å². The van der Waals surface area contributed by atoms with Crippen molar-refractivity contribution in [2.75, 3.05) is 7.11 Å². The Morgan fingerprint density at radius 2 is 2.04 bits per heavy atom. The zero-order valence-electron chi connectivity index (χ0n) is 14.3. The molecular formula is C18H12ClF4N3O2. The summed E-state index contributed by atoms with van der Waals surface area (Å²) in [4.78, 5) is 15.4. The number of alkyl halides is 3. The van der Waals surface area contributed by atoms with Crippen LogP contribution < -0.4 is 0 Å². The second kappa shape index (κ2) is 7.59. The third kappa shape index (κ3) is 3.99. The summed E-state index contributed by atoms with van der Waals surface area (Å²) in [6.45, 7) is -0.326. The molecule has 0 saturated carbocycles. The lowest BCUT2D eigenvalue weighted by Gasteiger charge is -2.07. The Hall–Kier alpha value is -2.94. The second-order valence-electron chi connectivity index (χ2n) is 5.75. The van der Waals surface area contributed by atoms with Gasteiger partial charge in [-0.05, 0) is 12.1 Å². The lowest BCUT2D eigenvalue weighted by molar-refractivity contribution is -0.141. The molecular weight excluding hydrogens is 402 g/mol. The molecule has 1 aromatic carbocycles. The van der Waals surface area contributed by atoms with E-state index in [1.165, 1.54) is 36.7 Å². The van der Waals surface area contributed by atoms with Crippen LogP contribution in [0.1, 0.15) is 21.6 Å². The molecule has 0 unspecified atom stereocenters. The number of halogens is 5. The van der Waals surface area contributed by atoms with Crippen LogP contribution in [0.5, 0.6) is 0 Å². The van der Waals surface area contributed by atoms with Crippen LogP contribution in [0.15, 0.2) is 42.9 Å². The summed E-state index contributed by atoms with van der Waals surface area (Å²) in [5.41, 5.74) is -1.61. The van der Waals surface area contributed by atoms with Crippen molar-refractivity contribution in [1.29, 1.82) is 0 Å². The van der Waals surface area contributed by atoms with Crippen LogP contribution in [0, 0.1) is 5.82 Å². The molecule has 3 aromatic rings. The number of carbonyl (C=O) groups is 1. The SMILES string of the molecule is COC(=O)c1cccc(Cn2cc(-c3cncc(Cl)c3)c(C(F)(F)F)n2)c1F. The number of carbonyl (C=O) groups excluding carboxylic acids is 1. The van der Waals surface area contributed by atoms with Crippen molar-refractivity contribution >= 4 is 17.6 Å². The van der Waals surface area contributed by atoms with Crippen molar-refractivity contribution in [1.82, 2.24) is 14.8 Å². The molecule has 0 aliphatic rings. The number of aromatic nitrogens is 3. The Kier molecular flexibility index (Phi) is 5.37. The Morgan fingerprint density at radius 3 is 2.68 bits per heavy atom. The van der Waals surface area contributed by atoms with Crippen LogP contribution >= 0.6 is 11.6 Å². The Morgan fingerprint density at radius 1 is 1.29 bits per heavy atom. The van der Waals surface area contributed by atoms with Crippen LogP contribution in [0.25, 0.3) is 11.1 Å². The average molecular weight is 414 g/mol. The van der Waals surface area contributed by atoms with E-state index in [-0.39, 0.29) is 33.8 Å². The van der Waals surface area contributed by atoms with Crippen molar-refractivity contribution in [3.05, 3.63) is 70.5 Å². The van der Waals surface area contributed by atoms with E-state index in [1.807, 2.05) is 0 Å². The Labute approximate surface area is 161 Å². The molecule has 0 aliphatic heterocycles. The van der Waals surface area contributed by atoms with Crippen LogP contribution in [0.3, 0.4) is 0 Å². The summed E-state index contributed by atoms with van der Waals surface area (Å²) in [5.74, 6) is -1.77. The maximum Gasteiger partial charge on any atom is 0.435 e. The molecule has 146 valence electrons. The minimum Gasteiger partial charge on any atom is -0.465 e. The van der Waals surface area contributed by atoms with Gasteiger partial charge in [0.15, 0.2) is 5.69 Å². The van der Waals surface area contributed by atoms with E-state index in [1.54, 1.807) is 0 Å². The topological polar surface area (TPSA) is 57.0 Å². The molecule has 0 amide bonds. The van der Waals surface area contributed by atoms with Crippen LogP contribution in [0.2, 0.25) is 5.02 Å². The Balaban J connectivity index is 2.04. The van der Waals surface area contributed by atoms with Crippen molar-refractivity contribution in [3.8, 4) is 11.1 Å². The molecule has 0 N–H and O–H groups in total. The van der Waals surface area contributed by atoms with Gasteiger partial charge in [0.1, 0.15) is 5.82 Å². The van der Waals surface area contributed by atoms with Crippen molar-refractivity contribution in [2.24, 2.45) is 0 Å².